The first-order valence-corrected chi connectivity index (χ1v) is 6.25. The average molecular weight is 257 g/mol. The van der Waals surface area contributed by atoms with Crippen LogP contribution in [-0.4, -0.2) is 19.4 Å². The van der Waals surface area contributed by atoms with E-state index >= 15 is 0 Å². The quantitative estimate of drug-likeness (QED) is 0.834. The summed E-state index contributed by atoms with van der Waals surface area (Å²) in [6.07, 6.45) is 0.743. The molecule has 0 aliphatic carbocycles. The van der Waals surface area contributed by atoms with Crippen molar-refractivity contribution in [3.8, 4) is 0 Å². The van der Waals surface area contributed by atoms with Crippen LogP contribution < -0.4 is 5.32 Å². The van der Waals surface area contributed by atoms with Crippen LogP contribution in [0.15, 0.2) is 48.5 Å². The van der Waals surface area contributed by atoms with E-state index in [1.807, 2.05) is 19.2 Å². The number of rotatable bonds is 5. The molecule has 0 heterocycles. The summed E-state index contributed by atoms with van der Waals surface area (Å²) < 4.78 is 13.7. The number of hydrogen-bond acceptors (Lipinski definition) is 2. The van der Waals surface area contributed by atoms with E-state index in [2.05, 4.69) is 5.32 Å². The van der Waals surface area contributed by atoms with Gasteiger partial charge in [-0.3, -0.25) is 4.79 Å². The zero-order valence-electron chi connectivity index (χ0n) is 10.8. The lowest BCUT2D eigenvalue weighted by Gasteiger charge is -2.09. The summed E-state index contributed by atoms with van der Waals surface area (Å²) in [6, 6.07) is 13.4. The van der Waals surface area contributed by atoms with Crippen molar-refractivity contribution in [2.45, 2.75) is 6.42 Å². The molecule has 0 aliphatic rings. The molecule has 0 saturated carbocycles. The maximum absolute atomic E-state index is 13.7. The Morgan fingerprint density at radius 3 is 2.37 bits per heavy atom. The first-order valence-electron chi connectivity index (χ1n) is 6.25. The van der Waals surface area contributed by atoms with Crippen LogP contribution in [0.5, 0.6) is 0 Å². The van der Waals surface area contributed by atoms with Gasteiger partial charge in [-0.15, -0.1) is 0 Å². The molecule has 2 aromatic rings. The molecule has 1 N–H and O–H groups in total. The Bertz CT molecular complexity index is 580. The molecule has 0 fully saturated rings. The van der Waals surface area contributed by atoms with Gasteiger partial charge in [0.15, 0.2) is 5.78 Å². The maximum Gasteiger partial charge on any atom is 0.196 e. The van der Waals surface area contributed by atoms with E-state index in [4.69, 9.17) is 0 Å². The van der Waals surface area contributed by atoms with Crippen LogP contribution in [0.25, 0.3) is 0 Å². The average Bonchev–Trinajstić information content (AvgIpc) is 2.45. The Morgan fingerprint density at radius 2 is 1.68 bits per heavy atom. The summed E-state index contributed by atoms with van der Waals surface area (Å²) in [5.41, 5.74) is 1.63. The minimum Gasteiger partial charge on any atom is -0.319 e. The molecule has 0 aromatic heterocycles. The van der Waals surface area contributed by atoms with E-state index in [1.54, 1.807) is 24.3 Å². The molecule has 0 spiro atoms. The van der Waals surface area contributed by atoms with Gasteiger partial charge in [-0.1, -0.05) is 36.4 Å². The summed E-state index contributed by atoms with van der Waals surface area (Å²) in [5, 5.41) is 3.05. The Hall–Kier alpha value is -2.00. The topological polar surface area (TPSA) is 29.1 Å². The van der Waals surface area contributed by atoms with E-state index < -0.39 is 5.82 Å². The van der Waals surface area contributed by atoms with Crippen LogP contribution in [0.1, 0.15) is 21.5 Å². The third-order valence-corrected chi connectivity index (χ3v) is 3.02. The first-order chi connectivity index (χ1) is 9.24. The molecule has 0 aliphatic heterocycles. The number of likely N-dealkylation sites (N-methyl/N-ethyl adjacent to an activating group) is 1. The Morgan fingerprint density at radius 1 is 1.05 bits per heavy atom. The van der Waals surface area contributed by atoms with Gasteiger partial charge in [0.05, 0.1) is 5.56 Å². The second-order valence-electron chi connectivity index (χ2n) is 4.32. The minimum atomic E-state index is -0.476. The van der Waals surface area contributed by atoms with E-state index in [1.165, 1.54) is 12.1 Å². The third kappa shape index (κ3) is 3.06. The molecule has 0 radical (unpaired) electrons. The fraction of sp³-hybridized carbons (Fsp3) is 0.188. The monoisotopic (exact) mass is 257 g/mol. The highest BCUT2D eigenvalue weighted by Crippen LogP contribution is 2.17. The number of halogens is 1. The molecule has 0 unspecified atom stereocenters. The van der Waals surface area contributed by atoms with Crippen LogP contribution in [0, 0.1) is 5.82 Å². The van der Waals surface area contributed by atoms with Gasteiger partial charge in [-0.05, 0) is 37.7 Å². The molecule has 2 nitrogen and oxygen atoms in total. The third-order valence-electron chi connectivity index (χ3n) is 3.02. The highest BCUT2D eigenvalue weighted by molar-refractivity contribution is 6.10. The molecular weight excluding hydrogens is 241 g/mol. The van der Waals surface area contributed by atoms with Crippen molar-refractivity contribution in [2.24, 2.45) is 0 Å². The van der Waals surface area contributed by atoms with Gasteiger partial charge in [0.2, 0.25) is 0 Å². The molecule has 0 saturated heterocycles. The summed E-state index contributed by atoms with van der Waals surface area (Å²) in [7, 11) is 1.86. The highest BCUT2D eigenvalue weighted by atomic mass is 19.1. The molecule has 0 atom stereocenters. The zero-order chi connectivity index (χ0) is 13.7. The molecule has 0 amide bonds. The van der Waals surface area contributed by atoms with E-state index in [0.29, 0.717) is 5.56 Å². The molecule has 2 aromatic carbocycles. The van der Waals surface area contributed by atoms with Crippen molar-refractivity contribution in [1.29, 1.82) is 0 Å². The lowest BCUT2D eigenvalue weighted by atomic mass is 9.96. The lowest BCUT2D eigenvalue weighted by molar-refractivity contribution is 0.103. The van der Waals surface area contributed by atoms with Gasteiger partial charge < -0.3 is 5.32 Å². The standard InChI is InChI=1S/C16H16FNO/c1-18-11-10-12-6-2-3-7-13(12)16(19)14-8-4-5-9-15(14)17/h2-9,18H,10-11H2,1H3. The van der Waals surface area contributed by atoms with Crippen molar-refractivity contribution < 1.29 is 9.18 Å². The van der Waals surface area contributed by atoms with Crippen molar-refractivity contribution in [1.82, 2.24) is 5.32 Å². The van der Waals surface area contributed by atoms with Crippen LogP contribution in [0.4, 0.5) is 4.39 Å². The number of carbonyl (C=O) groups is 1. The lowest BCUT2D eigenvalue weighted by Crippen LogP contribution is -2.14. The summed E-state index contributed by atoms with van der Waals surface area (Å²) in [4.78, 5) is 12.4. The predicted molar refractivity (Wildman–Crippen MR) is 73.9 cm³/mol. The fourth-order valence-electron chi connectivity index (χ4n) is 2.01. The number of nitrogens with one attached hydrogen (secondary N) is 1. The second kappa shape index (κ2) is 6.25. The largest absolute Gasteiger partial charge is 0.319 e. The SMILES string of the molecule is CNCCc1ccccc1C(=O)c1ccccc1F. The summed E-state index contributed by atoms with van der Waals surface area (Å²) in [6.45, 7) is 0.779. The number of benzene rings is 2. The number of carbonyl (C=O) groups excluding carboxylic acids is 1. The van der Waals surface area contributed by atoms with Crippen LogP contribution in [-0.2, 0) is 6.42 Å². The Labute approximate surface area is 112 Å². The Balaban J connectivity index is 2.36. The molecule has 19 heavy (non-hydrogen) atoms. The maximum atomic E-state index is 13.7. The van der Waals surface area contributed by atoms with Gasteiger partial charge in [0, 0.05) is 5.56 Å². The van der Waals surface area contributed by atoms with E-state index in [0.717, 1.165) is 18.5 Å². The number of hydrogen-bond donors (Lipinski definition) is 1. The summed E-state index contributed by atoms with van der Waals surface area (Å²) in [5.74, 6) is -0.735. The van der Waals surface area contributed by atoms with Crippen LogP contribution >= 0.6 is 0 Å². The predicted octanol–water partition coefficient (Wildman–Crippen LogP) is 2.82. The van der Waals surface area contributed by atoms with Crippen LogP contribution in [0.2, 0.25) is 0 Å². The second-order valence-corrected chi connectivity index (χ2v) is 4.32. The Kier molecular flexibility index (Phi) is 4.42. The number of ketones is 1. The molecule has 2 rings (SSSR count). The van der Waals surface area contributed by atoms with Crippen molar-refractivity contribution in [3.63, 3.8) is 0 Å². The molecule has 0 bridgehead atoms. The van der Waals surface area contributed by atoms with Gasteiger partial charge in [0.25, 0.3) is 0 Å². The first kappa shape index (κ1) is 13.4. The van der Waals surface area contributed by atoms with Gasteiger partial charge in [0.1, 0.15) is 5.82 Å². The fourth-order valence-corrected chi connectivity index (χ4v) is 2.01. The normalized spacial score (nSPS) is 10.4. The van der Waals surface area contributed by atoms with E-state index in [9.17, 15) is 9.18 Å². The van der Waals surface area contributed by atoms with Crippen molar-refractivity contribution >= 4 is 5.78 Å². The highest BCUT2D eigenvalue weighted by Gasteiger charge is 2.16. The zero-order valence-corrected chi connectivity index (χ0v) is 10.8. The van der Waals surface area contributed by atoms with Gasteiger partial charge >= 0.3 is 0 Å². The smallest absolute Gasteiger partial charge is 0.196 e. The molecule has 3 heteroatoms. The van der Waals surface area contributed by atoms with Gasteiger partial charge in [-0.25, -0.2) is 4.39 Å². The minimum absolute atomic E-state index is 0.124. The van der Waals surface area contributed by atoms with Crippen molar-refractivity contribution in [2.75, 3.05) is 13.6 Å². The van der Waals surface area contributed by atoms with Crippen molar-refractivity contribution in [3.05, 3.63) is 71.0 Å². The van der Waals surface area contributed by atoms with Gasteiger partial charge in [-0.2, -0.15) is 0 Å². The molecule has 98 valence electrons. The summed E-state index contributed by atoms with van der Waals surface area (Å²) >= 11 is 0. The molecular formula is C16H16FNO. The van der Waals surface area contributed by atoms with Crippen LogP contribution in [0.3, 0.4) is 0 Å². The van der Waals surface area contributed by atoms with E-state index in [-0.39, 0.29) is 11.3 Å².